The molecule has 0 saturated carbocycles. The number of nitrogens with zero attached hydrogens (tertiary/aromatic N) is 2. The van der Waals surface area contributed by atoms with Crippen LogP contribution in [0.15, 0.2) is 110 Å². The molecular formula is C28H26N4O2. The third kappa shape index (κ3) is 6.36. The molecule has 2 aromatic heterocycles. The van der Waals surface area contributed by atoms with Crippen LogP contribution < -0.4 is 10.6 Å². The van der Waals surface area contributed by atoms with E-state index in [9.17, 15) is 9.59 Å². The molecule has 0 radical (unpaired) electrons. The Bertz CT molecular complexity index is 1090. The number of carbonyl (C=O) groups is 2. The van der Waals surface area contributed by atoms with E-state index in [1.54, 1.807) is 24.8 Å². The zero-order valence-electron chi connectivity index (χ0n) is 18.7. The van der Waals surface area contributed by atoms with E-state index >= 15 is 0 Å². The second kappa shape index (κ2) is 11.5. The molecule has 2 atom stereocenters. The van der Waals surface area contributed by atoms with Gasteiger partial charge in [-0.25, -0.2) is 0 Å². The molecule has 2 N–H and O–H groups in total. The number of pyridine rings is 2. The maximum Gasteiger partial charge on any atom is 0.224 e. The first-order valence-corrected chi connectivity index (χ1v) is 11.2. The minimum absolute atomic E-state index is 0.135. The standard InChI is InChI=1S/C28H26N4O2/c33-25(19-21-7-3-1-4-8-21)31-27(23-11-15-29-16-12-23)28(24-13-17-30-18-14-24)32-26(34)20-22-9-5-2-6-10-22/h1-18,27-28H,19-20H2,(H,31,33)(H,32,34)/t27-,28-/m0/s1. The lowest BCUT2D eigenvalue weighted by Crippen LogP contribution is -2.41. The molecule has 2 heterocycles. The van der Waals surface area contributed by atoms with Crippen molar-refractivity contribution in [3.63, 3.8) is 0 Å². The van der Waals surface area contributed by atoms with Crippen LogP contribution in [0.2, 0.25) is 0 Å². The van der Waals surface area contributed by atoms with E-state index in [4.69, 9.17) is 0 Å². The normalized spacial score (nSPS) is 12.4. The average molecular weight is 451 g/mol. The van der Waals surface area contributed by atoms with Crippen molar-refractivity contribution in [1.29, 1.82) is 0 Å². The Labute approximate surface area is 199 Å². The SMILES string of the molecule is O=C(Cc1ccccc1)N[C@@H](c1ccncc1)[C@@H](NC(=O)Cc1ccccc1)c1ccncc1. The Kier molecular flexibility index (Phi) is 7.74. The van der Waals surface area contributed by atoms with Crippen LogP contribution >= 0.6 is 0 Å². The van der Waals surface area contributed by atoms with Gasteiger partial charge in [0.2, 0.25) is 11.8 Å². The topological polar surface area (TPSA) is 84.0 Å². The Morgan fingerprint density at radius 3 is 1.26 bits per heavy atom. The Morgan fingerprint density at radius 2 is 0.912 bits per heavy atom. The monoisotopic (exact) mass is 450 g/mol. The Morgan fingerprint density at radius 1 is 0.559 bits per heavy atom. The van der Waals surface area contributed by atoms with Gasteiger partial charge in [0.05, 0.1) is 24.9 Å². The van der Waals surface area contributed by atoms with Crippen molar-refractivity contribution in [1.82, 2.24) is 20.6 Å². The summed E-state index contributed by atoms with van der Waals surface area (Å²) in [5, 5.41) is 6.30. The number of amides is 2. The Balaban J connectivity index is 1.62. The largest absolute Gasteiger partial charge is 0.347 e. The summed E-state index contributed by atoms with van der Waals surface area (Å²) in [5.74, 6) is -0.270. The van der Waals surface area contributed by atoms with Crippen LogP contribution in [0.3, 0.4) is 0 Å². The van der Waals surface area contributed by atoms with Gasteiger partial charge in [0, 0.05) is 24.8 Å². The average Bonchev–Trinajstić information content (AvgIpc) is 2.88. The molecule has 34 heavy (non-hydrogen) atoms. The highest BCUT2D eigenvalue weighted by molar-refractivity contribution is 5.81. The third-order valence-corrected chi connectivity index (χ3v) is 5.51. The molecule has 6 nitrogen and oxygen atoms in total. The van der Waals surface area contributed by atoms with E-state index < -0.39 is 12.1 Å². The maximum absolute atomic E-state index is 13.1. The second-order valence-electron chi connectivity index (χ2n) is 7.98. The lowest BCUT2D eigenvalue weighted by Gasteiger charge is -2.30. The highest BCUT2D eigenvalue weighted by atomic mass is 16.2. The molecule has 2 aromatic carbocycles. The van der Waals surface area contributed by atoms with E-state index in [-0.39, 0.29) is 24.7 Å². The molecule has 0 aliphatic carbocycles. The van der Waals surface area contributed by atoms with Gasteiger partial charge in [0.25, 0.3) is 0 Å². The van der Waals surface area contributed by atoms with Crippen molar-refractivity contribution < 1.29 is 9.59 Å². The predicted molar refractivity (Wildman–Crippen MR) is 131 cm³/mol. The van der Waals surface area contributed by atoms with Gasteiger partial charge in [-0.15, -0.1) is 0 Å². The van der Waals surface area contributed by atoms with Crippen molar-refractivity contribution >= 4 is 11.8 Å². The fourth-order valence-corrected chi connectivity index (χ4v) is 3.87. The van der Waals surface area contributed by atoms with Crippen LogP contribution in [0.5, 0.6) is 0 Å². The minimum atomic E-state index is -0.499. The number of rotatable bonds is 9. The van der Waals surface area contributed by atoms with Crippen molar-refractivity contribution in [3.8, 4) is 0 Å². The first kappa shape index (κ1) is 22.9. The number of carbonyl (C=O) groups excluding carboxylic acids is 2. The first-order valence-electron chi connectivity index (χ1n) is 11.2. The predicted octanol–water partition coefficient (Wildman–Crippen LogP) is 3.98. The quantitative estimate of drug-likeness (QED) is 0.404. The van der Waals surface area contributed by atoms with Gasteiger partial charge in [-0.1, -0.05) is 60.7 Å². The number of benzene rings is 2. The van der Waals surface area contributed by atoms with Crippen LogP contribution in [-0.2, 0) is 22.4 Å². The summed E-state index contributed by atoms with van der Waals surface area (Å²) in [5.41, 5.74) is 3.53. The number of aromatic nitrogens is 2. The summed E-state index contributed by atoms with van der Waals surface area (Å²) < 4.78 is 0. The molecule has 0 aliphatic rings. The molecule has 2 amide bonds. The molecule has 0 bridgehead atoms. The molecule has 170 valence electrons. The lowest BCUT2D eigenvalue weighted by molar-refractivity contribution is -0.124. The van der Waals surface area contributed by atoms with E-state index in [0.29, 0.717) is 0 Å². The molecule has 4 aromatic rings. The zero-order chi connectivity index (χ0) is 23.6. The lowest BCUT2D eigenvalue weighted by atomic mass is 9.93. The van der Waals surface area contributed by atoms with Gasteiger partial charge >= 0.3 is 0 Å². The molecule has 0 unspecified atom stereocenters. The van der Waals surface area contributed by atoms with E-state index in [2.05, 4.69) is 20.6 Å². The molecule has 4 rings (SSSR count). The molecule has 0 fully saturated rings. The van der Waals surface area contributed by atoms with Gasteiger partial charge in [0.15, 0.2) is 0 Å². The van der Waals surface area contributed by atoms with Gasteiger partial charge in [-0.05, 0) is 46.5 Å². The van der Waals surface area contributed by atoms with Crippen LogP contribution in [0, 0.1) is 0 Å². The van der Waals surface area contributed by atoms with Crippen LogP contribution in [0.4, 0.5) is 0 Å². The molecule has 0 aliphatic heterocycles. The summed E-state index contributed by atoms with van der Waals surface area (Å²) in [4.78, 5) is 34.3. The van der Waals surface area contributed by atoms with E-state index in [1.807, 2.05) is 84.9 Å². The second-order valence-corrected chi connectivity index (χ2v) is 7.98. The number of nitrogens with one attached hydrogen (secondary N) is 2. The molecule has 0 spiro atoms. The van der Waals surface area contributed by atoms with Crippen LogP contribution in [-0.4, -0.2) is 21.8 Å². The van der Waals surface area contributed by atoms with Crippen molar-refractivity contribution in [2.24, 2.45) is 0 Å². The fourth-order valence-electron chi connectivity index (χ4n) is 3.87. The molecule has 0 saturated heterocycles. The summed E-state index contributed by atoms with van der Waals surface area (Å²) in [6.07, 6.45) is 7.21. The van der Waals surface area contributed by atoms with Gasteiger partial charge in [-0.3, -0.25) is 19.6 Å². The van der Waals surface area contributed by atoms with Crippen LogP contribution in [0.25, 0.3) is 0 Å². The van der Waals surface area contributed by atoms with E-state index in [1.165, 1.54) is 0 Å². The van der Waals surface area contributed by atoms with Crippen molar-refractivity contribution in [2.45, 2.75) is 24.9 Å². The van der Waals surface area contributed by atoms with E-state index in [0.717, 1.165) is 22.3 Å². The smallest absolute Gasteiger partial charge is 0.224 e. The summed E-state index contributed by atoms with van der Waals surface area (Å²) in [6, 6.07) is 25.6. The summed E-state index contributed by atoms with van der Waals surface area (Å²) in [6.45, 7) is 0. The van der Waals surface area contributed by atoms with Crippen LogP contribution in [0.1, 0.15) is 34.3 Å². The molecule has 6 heteroatoms. The number of hydrogen-bond donors (Lipinski definition) is 2. The fraction of sp³-hybridized carbons (Fsp3) is 0.143. The highest BCUT2D eigenvalue weighted by Crippen LogP contribution is 2.29. The number of hydrogen-bond acceptors (Lipinski definition) is 4. The molecular weight excluding hydrogens is 424 g/mol. The van der Waals surface area contributed by atoms with Gasteiger partial charge < -0.3 is 10.6 Å². The van der Waals surface area contributed by atoms with Gasteiger partial charge in [0.1, 0.15) is 0 Å². The first-order chi connectivity index (χ1) is 16.7. The zero-order valence-corrected chi connectivity index (χ0v) is 18.7. The summed E-state index contributed by atoms with van der Waals surface area (Å²) in [7, 11) is 0. The summed E-state index contributed by atoms with van der Waals surface area (Å²) >= 11 is 0. The maximum atomic E-state index is 13.1. The Hall–Kier alpha value is -4.32. The van der Waals surface area contributed by atoms with Gasteiger partial charge in [-0.2, -0.15) is 0 Å². The van der Waals surface area contributed by atoms with Crippen molar-refractivity contribution in [3.05, 3.63) is 132 Å². The third-order valence-electron chi connectivity index (χ3n) is 5.51. The highest BCUT2D eigenvalue weighted by Gasteiger charge is 2.28. The minimum Gasteiger partial charge on any atom is -0.347 e. The van der Waals surface area contributed by atoms with Crippen molar-refractivity contribution in [2.75, 3.05) is 0 Å².